The van der Waals surface area contributed by atoms with Gasteiger partial charge in [0, 0.05) is 11.4 Å². The molecule has 0 bridgehead atoms. The van der Waals surface area contributed by atoms with Crippen molar-refractivity contribution in [2.24, 2.45) is 0 Å². The number of rotatable bonds is 8. The van der Waals surface area contributed by atoms with Crippen molar-refractivity contribution < 1.29 is 9.21 Å². The minimum absolute atomic E-state index is 0.00726. The normalized spacial score (nSPS) is 12.4. The Morgan fingerprint density at radius 1 is 1.43 bits per heavy atom. The second-order valence-corrected chi connectivity index (χ2v) is 8.91. The van der Waals surface area contributed by atoms with Gasteiger partial charge in [0.1, 0.15) is 10.6 Å². The number of thioether (sulfide) groups is 1. The number of furan rings is 1. The maximum absolute atomic E-state index is 13.1. The average molecular weight is 420 g/mol. The van der Waals surface area contributed by atoms with Gasteiger partial charge in [-0.15, -0.1) is 11.3 Å². The molecule has 0 saturated carbocycles. The fraction of sp³-hybridized carbons (Fsp3) is 0.450. The van der Waals surface area contributed by atoms with Crippen molar-refractivity contribution in [3.8, 4) is 0 Å². The Morgan fingerprint density at radius 3 is 2.89 bits per heavy atom. The van der Waals surface area contributed by atoms with E-state index in [1.807, 2.05) is 26.8 Å². The van der Waals surface area contributed by atoms with Gasteiger partial charge in [0.25, 0.3) is 5.56 Å². The van der Waals surface area contributed by atoms with Gasteiger partial charge >= 0.3 is 0 Å². The summed E-state index contributed by atoms with van der Waals surface area (Å²) in [7, 11) is 0. The maximum atomic E-state index is 13.1. The molecule has 0 aliphatic heterocycles. The zero-order chi connectivity index (χ0) is 20.3. The van der Waals surface area contributed by atoms with E-state index in [0.29, 0.717) is 22.8 Å². The van der Waals surface area contributed by atoms with E-state index in [1.165, 1.54) is 23.1 Å². The van der Waals surface area contributed by atoms with Crippen molar-refractivity contribution in [2.75, 3.05) is 5.75 Å². The molecule has 0 aliphatic carbocycles. The van der Waals surface area contributed by atoms with Crippen LogP contribution in [0.5, 0.6) is 0 Å². The number of nitrogens with one attached hydrogen (secondary N) is 1. The number of hydrogen-bond acceptors (Lipinski definition) is 6. The topological polar surface area (TPSA) is 77.1 Å². The molecule has 1 unspecified atom stereocenters. The number of carbonyl (C=O) groups is 1. The van der Waals surface area contributed by atoms with E-state index in [0.717, 1.165) is 28.1 Å². The molecule has 1 N–H and O–H groups in total. The van der Waals surface area contributed by atoms with Gasteiger partial charge in [0.2, 0.25) is 5.91 Å². The number of hydrogen-bond donors (Lipinski definition) is 1. The number of aromatic nitrogens is 2. The zero-order valence-corrected chi connectivity index (χ0v) is 18.2. The van der Waals surface area contributed by atoms with Gasteiger partial charge < -0.3 is 9.73 Å². The van der Waals surface area contributed by atoms with Crippen LogP contribution in [0, 0.1) is 13.8 Å². The highest BCUT2D eigenvalue weighted by molar-refractivity contribution is 7.99. The first-order valence-corrected chi connectivity index (χ1v) is 11.2. The predicted octanol–water partition coefficient (Wildman–Crippen LogP) is 4.44. The summed E-state index contributed by atoms with van der Waals surface area (Å²) in [6.07, 6.45) is 3.46. The summed E-state index contributed by atoms with van der Waals surface area (Å²) >= 11 is 2.84. The fourth-order valence-electron chi connectivity index (χ4n) is 2.95. The third-order valence-electron chi connectivity index (χ3n) is 4.67. The molecule has 0 aliphatic rings. The molecule has 3 aromatic heterocycles. The first kappa shape index (κ1) is 20.7. The van der Waals surface area contributed by atoms with Crippen LogP contribution in [0.2, 0.25) is 0 Å². The van der Waals surface area contributed by atoms with E-state index in [-0.39, 0.29) is 23.3 Å². The molecule has 3 aromatic rings. The third-order valence-corrected chi connectivity index (χ3v) is 6.75. The molecule has 0 saturated heterocycles. The van der Waals surface area contributed by atoms with Crippen LogP contribution in [0.3, 0.4) is 0 Å². The lowest BCUT2D eigenvalue weighted by molar-refractivity contribution is -0.119. The number of carbonyl (C=O) groups excluding carboxylic acids is 1. The smallest absolute Gasteiger partial charge is 0.263 e. The van der Waals surface area contributed by atoms with E-state index in [2.05, 4.69) is 12.2 Å². The second kappa shape index (κ2) is 8.96. The number of unbranched alkanes of at least 4 members (excludes halogenated alkanes) is 1. The molecule has 0 aromatic carbocycles. The van der Waals surface area contributed by atoms with Crippen molar-refractivity contribution in [1.82, 2.24) is 14.9 Å². The van der Waals surface area contributed by atoms with E-state index >= 15 is 0 Å². The summed E-state index contributed by atoms with van der Waals surface area (Å²) in [6.45, 7) is 8.55. The standard InChI is InChI=1S/C20H25N3O3S2/c1-5-6-9-23-19(25)17-12(2)14(4)28-18(17)22-20(23)27-11-16(24)21-13(3)15-8-7-10-26-15/h7-8,10,13H,5-6,9,11H2,1-4H3,(H,21,24). The highest BCUT2D eigenvalue weighted by Gasteiger charge is 2.18. The summed E-state index contributed by atoms with van der Waals surface area (Å²) in [5.74, 6) is 0.782. The lowest BCUT2D eigenvalue weighted by Crippen LogP contribution is -2.29. The van der Waals surface area contributed by atoms with Gasteiger partial charge in [0.05, 0.1) is 23.4 Å². The molecule has 0 radical (unpaired) electrons. The first-order valence-electron chi connectivity index (χ1n) is 9.38. The molecule has 6 nitrogen and oxygen atoms in total. The highest BCUT2D eigenvalue weighted by atomic mass is 32.2. The van der Waals surface area contributed by atoms with Crippen LogP contribution >= 0.6 is 23.1 Å². The van der Waals surface area contributed by atoms with Crippen LogP contribution in [-0.4, -0.2) is 21.2 Å². The van der Waals surface area contributed by atoms with Crippen LogP contribution < -0.4 is 10.9 Å². The minimum Gasteiger partial charge on any atom is -0.467 e. The molecule has 28 heavy (non-hydrogen) atoms. The summed E-state index contributed by atoms with van der Waals surface area (Å²) < 4.78 is 7.04. The molecule has 3 rings (SSSR count). The number of fused-ring (bicyclic) bond motifs is 1. The third kappa shape index (κ3) is 4.33. The summed E-state index contributed by atoms with van der Waals surface area (Å²) in [6, 6.07) is 3.42. The summed E-state index contributed by atoms with van der Waals surface area (Å²) in [4.78, 5) is 32.0. The van der Waals surface area contributed by atoms with Crippen LogP contribution in [0.4, 0.5) is 0 Å². The number of nitrogens with zero attached hydrogens (tertiary/aromatic N) is 2. The van der Waals surface area contributed by atoms with E-state index < -0.39 is 0 Å². The first-order chi connectivity index (χ1) is 13.4. The Kier molecular flexibility index (Phi) is 6.61. The van der Waals surface area contributed by atoms with Crippen molar-refractivity contribution in [3.63, 3.8) is 0 Å². The summed E-state index contributed by atoms with van der Waals surface area (Å²) in [5.41, 5.74) is 0.997. The number of thiophene rings is 1. The van der Waals surface area contributed by atoms with E-state index in [1.54, 1.807) is 16.9 Å². The number of aryl methyl sites for hydroxylation is 2. The molecule has 0 fully saturated rings. The maximum Gasteiger partial charge on any atom is 0.263 e. The highest BCUT2D eigenvalue weighted by Crippen LogP contribution is 2.28. The molecule has 0 spiro atoms. The predicted molar refractivity (Wildman–Crippen MR) is 114 cm³/mol. The Bertz CT molecular complexity index is 1020. The van der Waals surface area contributed by atoms with Gasteiger partial charge in [-0.1, -0.05) is 25.1 Å². The van der Waals surface area contributed by atoms with Gasteiger partial charge in [0.15, 0.2) is 5.16 Å². The van der Waals surface area contributed by atoms with E-state index in [9.17, 15) is 9.59 Å². The largest absolute Gasteiger partial charge is 0.467 e. The Morgan fingerprint density at radius 2 is 2.21 bits per heavy atom. The minimum atomic E-state index is -0.205. The Balaban J connectivity index is 1.81. The zero-order valence-electron chi connectivity index (χ0n) is 16.6. The number of amides is 1. The Labute approximate surface area is 172 Å². The van der Waals surface area contributed by atoms with E-state index in [4.69, 9.17) is 9.40 Å². The molecule has 3 heterocycles. The van der Waals surface area contributed by atoms with Crippen LogP contribution in [0.25, 0.3) is 10.2 Å². The van der Waals surface area contributed by atoms with Crippen molar-refractivity contribution in [2.45, 2.75) is 58.3 Å². The second-order valence-electron chi connectivity index (χ2n) is 6.76. The van der Waals surface area contributed by atoms with Crippen LogP contribution in [-0.2, 0) is 11.3 Å². The molecule has 1 atom stereocenters. The van der Waals surface area contributed by atoms with Crippen LogP contribution in [0.15, 0.2) is 32.8 Å². The fourth-order valence-corrected chi connectivity index (χ4v) is 4.86. The average Bonchev–Trinajstić information content (AvgIpc) is 3.28. The van der Waals surface area contributed by atoms with Gasteiger partial charge in [-0.2, -0.15) is 0 Å². The lowest BCUT2D eigenvalue weighted by atomic mass is 10.2. The van der Waals surface area contributed by atoms with Crippen molar-refractivity contribution in [1.29, 1.82) is 0 Å². The molecule has 1 amide bonds. The van der Waals surface area contributed by atoms with Gasteiger partial charge in [-0.25, -0.2) is 4.98 Å². The van der Waals surface area contributed by atoms with Crippen molar-refractivity contribution >= 4 is 39.2 Å². The van der Waals surface area contributed by atoms with Crippen molar-refractivity contribution in [3.05, 3.63) is 45.0 Å². The molecule has 8 heteroatoms. The summed E-state index contributed by atoms with van der Waals surface area (Å²) in [5, 5.41) is 4.23. The quantitative estimate of drug-likeness (QED) is 0.431. The molecule has 150 valence electrons. The van der Waals surface area contributed by atoms with Gasteiger partial charge in [-0.05, 0) is 44.9 Å². The lowest BCUT2D eigenvalue weighted by Gasteiger charge is -2.13. The molecular formula is C20H25N3O3S2. The Hall–Kier alpha value is -2.06. The van der Waals surface area contributed by atoms with Gasteiger partial charge in [-0.3, -0.25) is 14.2 Å². The molecular weight excluding hydrogens is 394 g/mol. The van der Waals surface area contributed by atoms with Crippen LogP contribution in [0.1, 0.15) is 48.9 Å². The monoisotopic (exact) mass is 419 g/mol. The SMILES string of the molecule is CCCCn1c(SCC(=O)NC(C)c2ccco2)nc2sc(C)c(C)c2c1=O.